The molecule has 0 aliphatic carbocycles. The Morgan fingerprint density at radius 1 is 1.08 bits per heavy atom. The molecule has 0 unspecified atom stereocenters. The van der Waals surface area contributed by atoms with Crippen molar-refractivity contribution >= 4 is 15.9 Å². The Balaban J connectivity index is 1.73. The molecule has 1 N–H and O–H groups in total. The van der Waals surface area contributed by atoms with Crippen LogP contribution in [0.5, 0.6) is 0 Å². The van der Waals surface area contributed by atoms with Gasteiger partial charge in [-0.05, 0) is 24.3 Å². The summed E-state index contributed by atoms with van der Waals surface area (Å²) in [5.41, 5.74) is 0.427. The Kier molecular flexibility index (Phi) is 4.37. The number of nitrogens with one attached hydrogen (secondary N) is 1. The Labute approximate surface area is 137 Å². The zero-order chi connectivity index (χ0) is 17.3. The van der Waals surface area contributed by atoms with Crippen LogP contribution in [0.15, 0.2) is 41.4 Å². The second-order valence-corrected chi connectivity index (χ2v) is 7.26. The molecule has 1 amide bonds. The Hall–Kier alpha value is -2.26. The molecule has 1 aliphatic heterocycles. The minimum atomic E-state index is -4.07. The van der Waals surface area contributed by atoms with Crippen LogP contribution >= 0.6 is 0 Å². The molecule has 3 rings (SSSR count). The highest BCUT2D eigenvalue weighted by Gasteiger charge is 2.32. The van der Waals surface area contributed by atoms with E-state index in [0.29, 0.717) is 11.8 Å². The molecule has 0 atom stereocenters. The molecule has 1 fully saturated rings. The van der Waals surface area contributed by atoms with Gasteiger partial charge in [-0.2, -0.15) is 4.31 Å². The quantitative estimate of drug-likeness (QED) is 0.905. The van der Waals surface area contributed by atoms with Gasteiger partial charge in [0.1, 0.15) is 22.2 Å². The number of carbonyl (C=O) groups excluding carboxylic acids is 1. The predicted molar refractivity (Wildman–Crippen MR) is 81.8 cm³/mol. The molecule has 1 aliphatic rings. The van der Waals surface area contributed by atoms with Gasteiger partial charge in [0.2, 0.25) is 10.0 Å². The van der Waals surface area contributed by atoms with Gasteiger partial charge in [0.05, 0.1) is 0 Å². The highest BCUT2D eigenvalue weighted by atomic mass is 32.2. The van der Waals surface area contributed by atoms with Crippen LogP contribution < -0.4 is 0 Å². The molecule has 128 valence electrons. The zero-order valence-corrected chi connectivity index (χ0v) is 13.4. The molecule has 0 spiro atoms. The monoisotopic (exact) mass is 355 g/mol. The van der Waals surface area contributed by atoms with E-state index in [2.05, 4.69) is 4.98 Å². The smallest absolute Gasteiger partial charge is 0.270 e. The van der Waals surface area contributed by atoms with E-state index in [4.69, 9.17) is 0 Å². The first-order chi connectivity index (χ1) is 11.4. The number of H-pyrrole nitrogens is 1. The summed E-state index contributed by atoms with van der Waals surface area (Å²) in [7, 11) is -4.07. The summed E-state index contributed by atoms with van der Waals surface area (Å²) in [5.74, 6) is -2.18. The van der Waals surface area contributed by atoms with Crippen LogP contribution in [0.1, 0.15) is 10.5 Å². The predicted octanol–water partition coefficient (Wildman–Crippen LogP) is 1.44. The van der Waals surface area contributed by atoms with Crippen LogP contribution in [0.3, 0.4) is 0 Å². The topological polar surface area (TPSA) is 73.5 Å². The van der Waals surface area contributed by atoms with Crippen molar-refractivity contribution in [2.24, 2.45) is 0 Å². The normalized spacial score (nSPS) is 16.3. The summed E-state index contributed by atoms with van der Waals surface area (Å²) in [6.45, 7) is 0.483. The van der Waals surface area contributed by atoms with Crippen LogP contribution in [0.25, 0.3) is 0 Å². The first-order valence-electron chi connectivity index (χ1n) is 7.27. The number of sulfonamides is 1. The molecule has 1 saturated heterocycles. The van der Waals surface area contributed by atoms with Gasteiger partial charge in [-0.25, -0.2) is 17.2 Å². The summed E-state index contributed by atoms with van der Waals surface area (Å²) in [4.78, 5) is 16.0. The molecular weight excluding hydrogens is 340 g/mol. The van der Waals surface area contributed by atoms with Crippen molar-refractivity contribution < 1.29 is 22.0 Å². The van der Waals surface area contributed by atoms with Gasteiger partial charge in [-0.3, -0.25) is 4.79 Å². The molecule has 6 nitrogen and oxygen atoms in total. The number of halogens is 2. The van der Waals surface area contributed by atoms with Crippen molar-refractivity contribution in [3.63, 3.8) is 0 Å². The van der Waals surface area contributed by atoms with Crippen molar-refractivity contribution in [3.8, 4) is 0 Å². The third-order valence-electron chi connectivity index (χ3n) is 3.87. The number of piperazine rings is 1. The molecule has 1 aromatic heterocycles. The van der Waals surface area contributed by atoms with Crippen LogP contribution in [0.2, 0.25) is 0 Å². The third kappa shape index (κ3) is 3.04. The molecule has 0 radical (unpaired) electrons. The second-order valence-electron chi connectivity index (χ2n) is 5.35. The third-order valence-corrected chi connectivity index (χ3v) is 5.80. The first-order valence-corrected chi connectivity index (χ1v) is 8.71. The maximum absolute atomic E-state index is 13.8. The summed E-state index contributed by atoms with van der Waals surface area (Å²) in [5, 5.41) is 0. The van der Waals surface area contributed by atoms with E-state index in [1.54, 1.807) is 18.3 Å². The molecule has 9 heteroatoms. The lowest BCUT2D eigenvalue weighted by Crippen LogP contribution is -2.50. The minimum absolute atomic E-state index is 0.0472. The van der Waals surface area contributed by atoms with Gasteiger partial charge in [-0.15, -0.1) is 0 Å². The maximum atomic E-state index is 13.8. The Morgan fingerprint density at radius 3 is 2.38 bits per heavy atom. The van der Waals surface area contributed by atoms with Crippen LogP contribution in [-0.4, -0.2) is 54.7 Å². The highest BCUT2D eigenvalue weighted by molar-refractivity contribution is 7.89. The van der Waals surface area contributed by atoms with E-state index < -0.39 is 26.6 Å². The van der Waals surface area contributed by atoms with E-state index in [9.17, 15) is 22.0 Å². The molecular formula is C15H15F2N3O3S. The number of hydrogen-bond acceptors (Lipinski definition) is 3. The van der Waals surface area contributed by atoms with Crippen LogP contribution in [0, 0.1) is 11.6 Å². The molecule has 2 heterocycles. The summed E-state index contributed by atoms with van der Waals surface area (Å²) >= 11 is 0. The number of rotatable bonds is 3. The highest BCUT2D eigenvalue weighted by Crippen LogP contribution is 2.21. The van der Waals surface area contributed by atoms with Gasteiger partial charge in [-0.1, -0.05) is 0 Å². The fourth-order valence-electron chi connectivity index (χ4n) is 2.59. The standard InChI is InChI=1S/C15H15F2N3O3S/c16-11-3-4-14(12(17)10-11)24(22,23)20-8-6-19(7-9-20)15(21)13-2-1-5-18-13/h1-5,10,18H,6-9H2. The molecule has 2 aromatic rings. The fraction of sp³-hybridized carbons (Fsp3) is 0.267. The lowest BCUT2D eigenvalue weighted by atomic mass is 10.3. The van der Waals surface area contributed by atoms with Crippen molar-refractivity contribution in [1.29, 1.82) is 0 Å². The number of nitrogens with zero attached hydrogens (tertiary/aromatic N) is 2. The van der Waals surface area contributed by atoms with Gasteiger partial charge in [0, 0.05) is 38.4 Å². The summed E-state index contributed by atoms with van der Waals surface area (Å²) in [6.07, 6.45) is 1.63. The number of benzene rings is 1. The number of aromatic nitrogens is 1. The number of hydrogen-bond donors (Lipinski definition) is 1. The van der Waals surface area contributed by atoms with Crippen LogP contribution in [-0.2, 0) is 10.0 Å². The van der Waals surface area contributed by atoms with E-state index in [0.717, 1.165) is 16.4 Å². The number of aromatic amines is 1. The second kappa shape index (κ2) is 6.33. The maximum Gasteiger partial charge on any atom is 0.270 e. The molecule has 0 bridgehead atoms. The van der Waals surface area contributed by atoms with E-state index in [1.165, 1.54) is 4.90 Å². The van der Waals surface area contributed by atoms with E-state index >= 15 is 0 Å². The van der Waals surface area contributed by atoms with Crippen LogP contribution in [0.4, 0.5) is 8.78 Å². The minimum Gasteiger partial charge on any atom is -0.357 e. The average molecular weight is 355 g/mol. The van der Waals surface area contributed by atoms with Crippen molar-refractivity contribution in [1.82, 2.24) is 14.2 Å². The summed E-state index contributed by atoms with van der Waals surface area (Å²) in [6, 6.07) is 5.69. The number of carbonyl (C=O) groups is 1. The van der Waals surface area contributed by atoms with E-state index in [1.807, 2.05) is 0 Å². The fourth-order valence-corrected chi connectivity index (χ4v) is 4.06. The lowest BCUT2D eigenvalue weighted by Gasteiger charge is -2.33. The van der Waals surface area contributed by atoms with Gasteiger partial charge in [0.25, 0.3) is 5.91 Å². The molecule has 1 aromatic carbocycles. The SMILES string of the molecule is O=C(c1ccc[nH]1)N1CCN(S(=O)(=O)c2ccc(F)cc2F)CC1. The van der Waals surface area contributed by atoms with E-state index in [-0.39, 0.29) is 32.1 Å². The van der Waals surface area contributed by atoms with Gasteiger partial charge < -0.3 is 9.88 Å². The Morgan fingerprint density at radius 2 is 1.79 bits per heavy atom. The van der Waals surface area contributed by atoms with Crippen molar-refractivity contribution in [2.45, 2.75) is 4.90 Å². The average Bonchev–Trinajstić information content (AvgIpc) is 3.08. The largest absolute Gasteiger partial charge is 0.357 e. The molecule has 24 heavy (non-hydrogen) atoms. The van der Waals surface area contributed by atoms with Gasteiger partial charge >= 0.3 is 0 Å². The van der Waals surface area contributed by atoms with Gasteiger partial charge in [0.15, 0.2) is 0 Å². The summed E-state index contributed by atoms with van der Waals surface area (Å²) < 4.78 is 52.8. The van der Waals surface area contributed by atoms with Crippen molar-refractivity contribution in [3.05, 3.63) is 53.9 Å². The first kappa shape index (κ1) is 16.6. The lowest BCUT2D eigenvalue weighted by molar-refractivity contribution is 0.0692. The number of amides is 1. The van der Waals surface area contributed by atoms with Crippen molar-refractivity contribution in [2.75, 3.05) is 26.2 Å². The zero-order valence-electron chi connectivity index (χ0n) is 12.6. The Bertz CT molecular complexity index is 845. The molecule has 0 saturated carbocycles.